The molecule has 0 amide bonds. The van der Waals surface area contributed by atoms with E-state index in [1.54, 1.807) is 6.20 Å². The number of aliphatic hydroxyl groups excluding tert-OH is 1. The van der Waals surface area contributed by atoms with Gasteiger partial charge in [0.15, 0.2) is 9.84 Å². The maximum absolute atomic E-state index is 11.7. The Morgan fingerprint density at radius 2 is 2.21 bits per heavy atom. The van der Waals surface area contributed by atoms with Gasteiger partial charge in [0.2, 0.25) is 0 Å². The van der Waals surface area contributed by atoms with E-state index in [1.807, 2.05) is 0 Å². The van der Waals surface area contributed by atoms with Crippen molar-refractivity contribution in [2.45, 2.75) is 44.8 Å². The normalized spacial score (nSPS) is 29.9. The molecule has 3 heterocycles. The van der Waals surface area contributed by atoms with Crippen molar-refractivity contribution in [3.63, 3.8) is 0 Å². The predicted octanol–water partition coefficient (Wildman–Crippen LogP) is 1.08. The number of aromatic nitrogens is 2. The molecule has 19 heavy (non-hydrogen) atoms. The molecule has 0 radical (unpaired) electrons. The van der Waals surface area contributed by atoms with Crippen LogP contribution >= 0.6 is 0 Å². The average molecular weight is 284 g/mol. The van der Waals surface area contributed by atoms with Crippen molar-refractivity contribution in [2.75, 3.05) is 11.5 Å². The molecule has 1 fully saturated rings. The minimum atomic E-state index is -2.85. The monoisotopic (exact) mass is 284 g/mol. The molecule has 0 aromatic carbocycles. The summed E-state index contributed by atoms with van der Waals surface area (Å²) in [5.74, 6) is 1.75. The third kappa shape index (κ3) is 2.69. The molecule has 3 rings (SSSR count). The van der Waals surface area contributed by atoms with Crippen LogP contribution in [0.25, 0.3) is 0 Å². The largest absolute Gasteiger partial charge is 0.387 e. The van der Waals surface area contributed by atoms with Crippen molar-refractivity contribution in [2.24, 2.45) is 5.92 Å². The van der Waals surface area contributed by atoms with E-state index in [2.05, 4.69) is 9.55 Å². The maximum Gasteiger partial charge on any atom is 0.150 e. The second-order valence-corrected chi connectivity index (χ2v) is 7.96. The Hall–Kier alpha value is -0.880. The van der Waals surface area contributed by atoms with E-state index >= 15 is 0 Å². The summed E-state index contributed by atoms with van der Waals surface area (Å²) in [6.45, 7) is 0.890. The smallest absolute Gasteiger partial charge is 0.150 e. The van der Waals surface area contributed by atoms with E-state index in [0.717, 1.165) is 43.7 Å². The van der Waals surface area contributed by atoms with Crippen LogP contribution < -0.4 is 0 Å². The Bertz CT molecular complexity index is 564. The van der Waals surface area contributed by atoms with Gasteiger partial charge < -0.3 is 9.67 Å². The van der Waals surface area contributed by atoms with Crippen molar-refractivity contribution in [3.8, 4) is 0 Å². The molecular formula is C13H20N2O3S. The minimum Gasteiger partial charge on any atom is -0.387 e. The molecule has 0 bridgehead atoms. The van der Waals surface area contributed by atoms with Crippen LogP contribution in [0.3, 0.4) is 0 Å². The lowest BCUT2D eigenvalue weighted by Crippen LogP contribution is -2.28. The predicted molar refractivity (Wildman–Crippen MR) is 71.5 cm³/mol. The van der Waals surface area contributed by atoms with Gasteiger partial charge in [-0.05, 0) is 31.6 Å². The zero-order valence-corrected chi connectivity index (χ0v) is 11.8. The second kappa shape index (κ2) is 4.90. The van der Waals surface area contributed by atoms with Crippen molar-refractivity contribution in [1.29, 1.82) is 0 Å². The molecule has 1 N–H and O–H groups in total. The van der Waals surface area contributed by atoms with Gasteiger partial charge in [-0.15, -0.1) is 0 Å². The zero-order valence-electron chi connectivity index (χ0n) is 11.0. The Kier molecular flexibility index (Phi) is 3.39. The quantitative estimate of drug-likeness (QED) is 0.882. The van der Waals surface area contributed by atoms with E-state index < -0.39 is 15.9 Å². The lowest BCUT2D eigenvalue weighted by Gasteiger charge is -2.24. The number of nitrogens with zero attached hydrogens (tertiary/aromatic N) is 2. The molecule has 2 aliphatic heterocycles. The van der Waals surface area contributed by atoms with Crippen LogP contribution in [0.5, 0.6) is 0 Å². The SMILES string of the molecule is O=S1(=O)CCCC(Cc2ncc3n2CCCC3O)C1. The number of hydrogen-bond donors (Lipinski definition) is 1. The first kappa shape index (κ1) is 13.1. The van der Waals surface area contributed by atoms with Gasteiger partial charge in [0.25, 0.3) is 0 Å². The molecule has 106 valence electrons. The first-order chi connectivity index (χ1) is 9.05. The second-order valence-electron chi connectivity index (χ2n) is 5.74. The van der Waals surface area contributed by atoms with E-state index in [0.29, 0.717) is 12.2 Å². The molecule has 1 saturated heterocycles. The van der Waals surface area contributed by atoms with Crippen LogP contribution in [0, 0.1) is 5.92 Å². The van der Waals surface area contributed by atoms with Gasteiger partial charge in [0.05, 0.1) is 29.5 Å². The molecule has 2 atom stereocenters. The lowest BCUT2D eigenvalue weighted by atomic mass is 10.0. The lowest BCUT2D eigenvalue weighted by molar-refractivity contribution is 0.138. The number of imidazole rings is 1. The van der Waals surface area contributed by atoms with E-state index in [-0.39, 0.29) is 11.7 Å². The first-order valence-electron chi connectivity index (χ1n) is 6.98. The summed E-state index contributed by atoms with van der Waals surface area (Å²) >= 11 is 0. The van der Waals surface area contributed by atoms with Crippen LogP contribution in [0.2, 0.25) is 0 Å². The topological polar surface area (TPSA) is 72.2 Å². The van der Waals surface area contributed by atoms with Crippen LogP contribution in [-0.2, 0) is 22.8 Å². The Morgan fingerprint density at radius 3 is 3.00 bits per heavy atom. The zero-order chi connectivity index (χ0) is 13.5. The molecular weight excluding hydrogens is 264 g/mol. The maximum atomic E-state index is 11.7. The molecule has 1 aromatic heterocycles. The Morgan fingerprint density at radius 1 is 1.37 bits per heavy atom. The minimum absolute atomic E-state index is 0.185. The highest BCUT2D eigenvalue weighted by molar-refractivity contribution is 7.91. The van der Waals surface area contributed by atoms with E-state index in [4.69, 9.17) is 0 Å². The van der Waals surface area contributed by atoms with Gasteiger partial charge in [0, 0.05) is 13.0 Å². The highest BCUT2D eigenvalue weighted by atomic mass is 32.2. The molecule has 6 heteroatoms. The molecule has 2 aliphatic rings. The Labute approximate surface area is 113 Å². The van der Waals surface area contributed by atoms with Crippen LogP contribution in [0.15, 0.2) is 6.20 Å². The van der Waals surface area contributed by atoms with Gasteiger partial charge in [-0.2, -0.15) is 0 Å². The summed E-state index contributed by atoms with van der Waals surface area (Å²) < 4.78 is 25.4. The summed E-state index contributed by atoms with van der Waals surface area (Å²) in [4.78, 5) is 4.40. The fraction of sp³-hybridized carbons (Fsp3) is 0.769. The number of aliphatic hydroxyl groups is 1. The molecule has 0 spiro atoms. The van der Waals surface area contributed by atoms with E-state index in [1.165, 1.54) is 0 Å². The highest BCUT2D eigenvalue weighted by Crippen LogP contribution is 2.28. The van der Waals surface area contributed by atoms with Crippen molar-refractivity contribution >= 4 is 9.84 Å². The first-order valence-corrected chi connectivity index (χ1v) is 8.80. The molecule has 0 saturated carbocycles. The summed E-state index contributed by atoms with van der Waals surface area (Å²) in [5, 5.41) is 9.91. The summed E-state index contributed by atoms with van der Waals surface area (Å²) in [7, 11) is -2.85. The molecule has 2 unspecified atom stereocenters. The highest BCUT2D eigenvalue weighted by Gasteiger charge is 2.28. The summed E-state index contributed by atoms with van der Waals surface area (Å²) in [6, 6.07) is 0. The van der Waals surface area contributed by atoms with Gasteiger partial charge in [-0.3, -0.25) is 0 Å². The van der Waals surface area contributed by atoms with E-state index in [9.17, 15) is 13.5 Å². The standard InChI is InChI=1S/C13H20N2O3S/c16-12-4-1-5-15-11(12)8-14-13(15)7-10-3-2-6-19(17,18)9-10/h8,10,12,16H,1-7,9H2. The van der Waals surface area contributed by atoms with Crippen molar-refractivity contribution in [1.82, 2.24) is 9.55 Å². The van der Waals surface area contributed by atoms with Gasteiger partial charge in [-0.1, -0.05) is 0 Å². The fourth-order valence-electron chi connectivity index (χ4n) is 3.24. The molecule has 5 nitrogen and oxygen atoms in total. The Balaban J connectivity index is 1.77. The number of rotatable bonds is 2. The third-order valence-electron chi connectivity index (χ3n) is 4.20. The number of hydrogen-bond acceptors (Lipinski definition) is 4. The summed E-state index contributed by atoms with van der Waals surface area (Å²) in [6.07, 6.45) is 5.53. The van der Waals surface area contributed by atoms with Crippen LogP contribution in [-0.4, -0.2) is 34.6 Å². The third-order valence-corrected chi connectivity index (χ3v) is 6.09. The van der Waals surface area contributed by atoms with Crippen LogP contribution in [0.1, 0.15) is 43.3 Å². The van der Waals surface area contributed by atoms with Crippen molar-refractivity contribution < 1.29 is 13.5 Å². The summed E-state index contributed by atoms with van der Waals surface area (Å²) in [5.41, 5.74) is 0.889. The average Bonchev–Trinajstić information content (AvgIpc) is 2.73. The number of sulfone groups is 1. The van der Waals surface area contributed by atoms with Gasteiger partial charge in [0.1, 0.15) is 5.82 Å². The molecule has 1 aromatic rings. The fourth-order valence-corrected chi connectivity index (χ4v) is 5.02. The molecule has 0 aliphatic carbocycles. The van der Waals surface area contributed by atoms with Crippen LogP contribution in [0.4, 0.5) is 0 Å². The van der Waals surface area contributed by atoms with Gasteiger partial charge >= 0.3 is 0 Å². The number of fused-ring (bicyclic) bond motifs is 1. The van der Waals surface area contributed by atoms with Crippen molar-refractivity contribution in [3.05, 3.63) is 17.7 Å². The van der Waals surface area contributed by atoms with Gasteiger partial charge in [-0.25, -0.2) is 13.4 Å².